The fourth-order valence-corrected chi connectivity index (χ4v) is 1.90. The van der Waals surface area contributed by atoms with Crippen LogP contribution in [0.1, 0.15) is 23.0 Å². The van der Waals surface area contributed by atoms with Gasteiger partial charge in [0.25, 0.3) is 0 Å². The number of hydrogen-bond donors (Lipinski definition) is 1. The van der Waals surface area contributed by atoms with Crippen LogP contribution < -0.4 is 4.90 Å². The van der Waals surface area contributed by atoms with Gasteiger partial charge in [0.2, 0.25) is 0 Å². The van der Waals surface area contributed by atoms with E-state index in [1.54, 1.807) is 12.1 Å². The molecule has 0 spiro atoms. The zero-order valence-corrected chi connectivity index (χ0v) is 11.0. The van der Waals surface area contributed by atoms with Gasteiger partial charge in [0.05, 0.1) is 12.2 Å². The van der Waals surface area contributed by atoms with Crippen LogP contribution in [0.15, 0.2) is 36.8 Å². The van der Waals surface area contributed by atoms with E-state index >= 15 is 0 Å². The Labute approximate surface area is 115 Å². The van der Waals surface area contributed by atoms with Crippen LogP contribution in [0.2, 0.25) is 0 Å². The monoisotopic (exact) mass is 275 g/mol. The molecule has 0 aliphatic heterocycles. The van der Waals surface area contributed by atoms with Crippen LogP contribution in [0.4, 0.5) is 10.1 Å². The average molecular weight is 275 g/mol. The molecule has 0 fully saturated rings. The van der Waals surface area contributed by atoms with E-state index in [1.165, 1.54) is 24.7 Å². The molecule has 104 valence electrons. The van der Waals surface area contributed by atoms with E-state index in [0.717, 1.165) is 0 Å². The third-order valence-electron chi connectivity index (χ3n) is 2.92. The molecule has 1 N–H and O–H groups in total. The highest BCUT2D eigenvalue weighted by molar-refractivity contribution is 5.88. The second kappa shape index (κ2) is 6.10. The number of aromatic carboxylic acids is 1. The van der Waals surface area contributed by atoms with Crippen molar-refractivity contribution in [3.05, 3.63) is 53.9 Å². The van der Waals surface area contributed by atoms with Gasteiger partial charge in [-0.1, -0.05) is 6.07 Å². The standard InChI is InChI=1S/C14H14FN3O2/c1-2-18(11-5-3-4-10(15)6-11)8-13-12(14(19)20)7-16-9-17-13/h3-7,9H,2,8H2,1H3,(H,19,20). The first-order chi connectivity index (χ1) is 9.61. The van der Waals surface area contributed by atoms with Crippen LogP contribution in [0.25, 0.3) is 0 Å². The maximum Gasteiger partial charge on any atom is 0.339 e. The highest BCUT2D eigenvalue weighted by Gasteiger charge is 2.15. The SMILES string of the molecule is CCN(Cc1ncncc1C(=O)O)c1cccc(F)c1. The van der Waals surface area contributed by atoms with Gasteiger partial charge in [-0.25, -0.2) is 19.2 Å². The summed E-state index contributed by atoms with van der Waals surface area (Å²) in [6.07, 6.45) is 2.57. The van der Waals surface area contributed by atoms with E-state index in [-0.39, 0.29) is 17.9 Å². The molecule has 0 saturated heterocycles. The van der Waals surface area contributed by atoms with Gasteiger partial charge in [-0.15, -0.1) is 0 Å². The fourth-order valence-electron chi connectivity index (χ4n) is 1.90. The summed E-state index contributed by atoms with van der Waals surface area (Å²) < 4.78 is 13.3. The predicted molar refractivity (Wildman–Crippen MR) is 72.1 cm³/mol. The van der Waals surface area contributed by atoms with E-state index in [4.69, 9.17) is 5.11 Å². The van der Waals surface area contributed by atoms with Gasteiger partial charge in [0, 0.05) is 18.4 Å². The Hall–Kier alpha value is -2.50. The van der Waals surface area contributed by atoms with Gasteiger partial charge in [0.15, 0.2) is 0 Å². The lowest BCUT2D eigenvalue weighted by molar-refractivity contribution is 0.0694. The Morgan fingerprint density at radius 2 is 2.25 bits per heavy atom. The summed E-state index contributed by atoms with van der Waals surface area (Å²) in [5.74, 6) is -1.40. The van der Waals surface area contributed by atoms with Gasteiger partial charge in [-0.3, -0.25) is 0 Å². The van der Waals surface area contributed by atoms with Crippen molar-refractivity contribution in [2.75, 3.05) is 11.4 Å². The third-order valence-corrected chi connectivity index (χ3v) is 2.92. The van der Waals surface area contributed by atoms with Gasteiger partial charge < -0.3 is 10.0 Å². The van der Waals surface area contributed by atoms with Crippen molar-refractivity contribution in [3.8, 4) is 0 Å². The molecule has 1 aromatic heterocycles. The van der Waals surface area contributed by atoms with Gasteiger partial charge in [-0.2, -0.15) is 0 Å². The molecule has 0 saturated carbocycles. The Kier molecular flexibility index (Phi) is 4.24. The van der Waals surface area contributed by atoms with Gasteiger partial charge in [0.1, 0.15) is 17.7 Å². The molecule has 0 unspecified atom stereocenters. The number of carboxylic acids is 1. The summed E-state index contributed by atoms with van der Waals surface area (Å²) in [7, 11) is 0. The van der Waals surface area contributed by atoms with Crippen LogP contribution >= 0.6 is 0 Å². The van der Waals surface area contributed by atoms with Crippen LogP contribution in [0.5, 0.6) is 0 Å². The van der Waals surface area contributed by atoms with E-state index in [9.17, 15) is 9.18 Å². The lowest BCUT2D eigenvalue weighted by atomic mass is 10.2. The number of nitrogens with zero attached hydrogens (tertiary/aromatic N) is 3. The molecule has 0 atom stereocenters. The molecular weight excluding hydrogens is 261 g/mol. The minimum absolute atomic E-state index is 0.0577. The molecule has 0 bridgehead atoms. The predicted octanol–water partition coefficient (Wildman–Crippen LogP) is 2.34. The number of anilines is 1. The second-order valence-corrected chi connectivity index (χ2v) is 4.18. The fraction of sp³-hybridized carbons (Fsp3) is 0.214. The first-order valence-corrected chi connectivity index (χ1v) is 6.14. The van der Waals surface area contributed by atoms with Crippen molar-refractivity contribution < 1.29 is 14.3 Å². The third kappa shape index (κ3) is 3.09. The summed E-state index contributed by atoms with van der Waals surface area (Å²) in [6, 6.07) is 6.16. The number of halogens is 1. The van der Waals surface area contributed by atoms with Crippen molar-refractivity contribution in [3.63, 3.8) is 0 Å². The minimum Gasteiger partial charge on any atom is -0.478 e. The molecule has 20 heavy (non-hydrogen) atoms. The summed E-state index contributed by atoms with van der Waals surface area (Å²) in [6.45, 7) is 2.79. The first kappa shape index (κ1) is 13.9. The maximum absolute atomic E-state index is 13.3. The highest BCUT2D eigenvalue weighted by Crippen LogP contribution is 2.18. The summed E-state index contributed by atoms with van der Waals surface area (Å²) in [5, 5.41) is 9.11. The molecular formula is C14H14FN3O2. The number of hydrogen-bond acceptors (Lipinski definition) is 4. The molecule has 2 aromatic rings. The Morgan fingerprint density at radius 1 is 1.45 bits per heavy atom. The zero-order chi connectivity index (χ0) is 14.5. The van der Waals surface area contributed by atoms with Crippen molar-refractivity contribution >= 4 is 11.7 Å². The van der Waals surface area contributed by atoms with Gasteiger partial charge >= 0.3 is 5.97 Å². The molecule has 6 heteroatoms. The zero-order valence-electron chi connectivity index (χ0n) is 11.0. The molecule has 0 aliphatic rings. The second-order valence-electron chi connectivity index (χ2n) is 4.18. The van der Waals surface area contributed by atoms with Crippen molar-refractivity contribution in [1.82, 2.24) is 9.97 Å². The Bertz CT molecular complexity index is 619. The van der Waals surface area contributed by atoms with Gasteiger partial charge in [-0.05, 0) is 25.1 Å². The van der Waals surface area contributed by atoms with E-state index in [0.29, 0.717) is 17.9 Å². The Balaban J connectivity index is 2.29. The van der Waals surface area contributed by atoms with Crippen LogP contribution in [0.3, 0.4) is 0 Å². The smallest absolute Gasteiger partial charge is 0.339 e. The lowest BCUT2D eigenvalue weighted by Gasteiger charge is -2.23. The quantitative estimate of drug-likeness (QED) is 0.907. The molecule has 0 aliphatic carbocycles. The number of rotatable bonds is 5. The Morgan fingerprint density at radius 3 is 2.90 bits per heavy atom. The van der Waals surface area contributed by atoms with E-state index in [2.05, 4.69) is 9.97 Å². The normalized spacial score (nSPS) is 10.3. The first-order valence-electron chi connectivity index (χ1n) is 6.14. The van der Waals surface area contributed by atoms with E-state index < -0.39 is 5.97 Å². The minimum atomic E-state index is -1.07. The summed E-state index contributed by atoms with van der Waals surface area (Å²) >= 11 is 0. The molecule has 0 amide bonds. The van der Waals surface area contributed by atoms with E-state index in [1.807, 2.05) is 11.8 Å². The molecule has 5 nitrogen and oxygen atoms in total. The van der Waals surface area contributed by atoms with Crippen LogP contribution in [0, 0.1) is 5.82 Å². The van der Waals surface area contributed by atoms with Crippen molar-refractivity contribution in [1.29, 1.82) is 0 Å². The highest BCUT2D eigenvalue weighted by atomic mass is 19.1. The summed E-state index contributed by atoms with van der Waals surface area (Å²) in [4.78, 5) is 20.7. The number of aromatic nitrogens is 2. The van der Waals surface area contributed by atoms with Crippen molar-refractivity contribution in [2.45, 2.75) is 13.5 Å². The van der Waals surface area contributed by atoms with Crippen LogP contribution in [-0.4, -0.2) is 27.6 Å². The maximum atomic E-state index is 13.3. The molecule has 0 radical (unpaired) electrons. The molecule has 1 aromatic carbocycles. The van der Waals surface area contributed by atoms with Crippen LogP contribution in [-0.2, 0) is 6.54 Å². The number of carbonyl (C=O) groups is 1. The number of benzene rings is 1. The topological polar surface area (TPSA) is 66.3 Å². The largest absolute Gasteiger partial charge is 0.478 e. The number of carboxylic acid groups (broad SMARTS) is 1. The molecule has 2 rings (SSSR count). The van der Waals surface area contributed by atoms with Crippen molar-refractivity contribution in [2.24, 2.45) is 0 Å². The average Bonchev–Trinajstić information content (AvgIpc) is 2.45. The summed E-state index contributed by atoms with van der Waals surface area (Å²) in [5.41, 5.74) is 1.14. The lowest BCUT2D eigenvalue weighted by Crippen LogP contribution is -2.24. The molecule has 1 heterocycles.